The summed E-state index contributed by atoms with van der Waals surface area (Å²) in [4.78, 5) is 3.31. The molecule has 1 heterocycles. The van der Waals surface area contributed by atoms with Gasteiger partial charge < -0.3 is 0 Å². The van der Waals surface area contributed by atoms with Crippen LogP contribution in [0.1, 0.15) is 31.7 Å². The number of aromatic nitrogens is 1. The minimum Gasteiger partial charge on any atom is -0.225 e. The molecule has 1 nitrogen and oxygen atoms in total. The molecule has 0 amide bonds. The number of hydrogen-bond acceptors (Lipinski definition) is 1. The highest BCUT2D eigenvalue weighted by atomic mass is 19.1. The fourth-order valence-electron chi connectivity index (χ4n) is 1.00. The van der Waals surface area contributed by atoms with E-state index in [1.807, 2.05) is 13.8 Å². The molecule has 0 aliphatic heterocycles. The first-order valence-electron chi connectivity index (χ1n) is 3.96. The van der Waals surface area contributed by atoms with Crippen molar-refractivity contribution in [3.8, 4) is 0 Å². The molecule has 1 unspecified atom stereocenters. The summed E-state index contributed by atoms with van der Waals surface area (Å²) in [5.74, 6) is -1.02. The van der Waals surface area contributed by atoms with E-state index in [2.05, 4.69) is 4.98 Å². The Morgan fingerprint density at radius 3 is 2.75 bits per heavy atom. The molecule has 0 radical (unpaired) electrons. The number of halogens is 2. The molecule has 0 fully saturated rings. The molecule has 0 N–H and O–H groups in total. The van der Waals surface area contributed by atoms with Crippen LogP contribution in [-0.4, -0.2) is 4.98 Å². The predicted octanol–water partition coefficient (Wildman–Crippen LogP) is 2.87. The first-order chi connectivity index (χ1) is 5.65. The zero-order valence-corrected chi connectivity index (χ0v) is 7.14. The van der Waals surface area contributed by atoms with Crippen molar-refractivity contribution in [2.75, 3.05) is 0 Å². The first kappa shape index (κ1) is 9.10. The van der Waals surface area contributed by atoms with Gasteiger partial charge in [-0.1, -0.05) is 13.8 Å². The number of rotatable bonds is 2. The molecule has 0 aliphatic rings. The Balaban J connectivity index is 3.04. The van der Waals surface area contributed by atoms with E-state index in [4.69, 9.17) is 0 Å². The maximum Gasteiger partial charge on any atom is 0.216 e. The molecule has 1 aromatic heterocycles. The van der Waals surface area contributed by atoms with Gasteiger partial charge in [0.05, 0.1) is 6.20 Å². The molecular weight excluding hydrogens is 160 g/mol. The number of nitrogens with zero attached hydrogens (tertiary/aromatic N) is 1. The van der Waals surface area contributed by atoms with Crippen LogP contribution < -0.4 is 0 Å². The molecule has 0 spiro atoms. The second-order valence-corrected chi connectivity index (χ2v) is 2.84. The third-order valence-electron chi connectivity index (χ3n) is 1.98. The van der Waals surface area contributed by atoms with E-state index in [1.165, 1.54) is 6.07 Å². The van der Waals surface area contributed by atoms with E-state index in [9.17, 15) is 8.78 Å². The first-order valence-corrected chi connectivity index (χ1v) is 3.96. The Bertz CT molecular complexity index is 273. The fraction of sp³-hybridized carbons (Fsp3) is 0.444. The van der Waals surface area contributed by atoms with Crippen molar-refractivity contribution < 1.29 is 8.78 Å². The van der Waals surface area contributed by atoms with Crippen LogP contribution in [0.3, 0.4) is 0 Å². The molecule has 0 saturated heterocycles. The molecule has 1 aromatic rings. The summed E-state index contributed by atoms with van der Waals surface area (Å²) < 4.78 is 25.5. The van der Waals surface area contributed by atoms with Crippen LogP contribution in [0.25, 0.3) is 0 Å². The molecular formula is C9H11F2N. The quantitative estimate of drug-likeness (QED) is 0.623. The molecule has 3 heteroatoms. The Labute approximate surface area is 70.4 Å². The molecule has 0 saturated carbocycles. The summed E-state index contributed by atoms with van der Waals surface area (Å²) in [7, 11) is 0. The Hall–Kier alpha value is -0.990. The molecule has 0 aliphatic carbocycles. The van der Waals surface area contributed by atoms with Crippen LogP contribution in [0, 0.1) is 11.8 Å². The van der Waals surface area contributed by atoms with E-state index >= 15 is 0 Å². The van der Waals surface area contributed by atoms with Crippen molar-refractivity contribution in [1.29, 1.82) is 0 Å². The number of hydrogen-bond donors (Lipinski definition) is 0. The van der Waals surface area contributed by atoms with Gasteiger partial charge in [-0.25, -0.2) is 9.37 Å². The van der Waals surface area contributed by atoms with Crippen LogP contribution in [0.15, 0.2) is 12.3 Å². The van der Waals surface area contributed by atoms with Crippen molar-refractivity contribution in [2.24, 2.45) is 0 Å². The van der Waals surface area contributed by atoms with Crippen molar-refractivity contribution in [3.63, 3.8) is 0 Å². The zero-order valence-electron chi connectivity index (χ0n) is 7.14. The Morgan fingerprint density at radius 2 is 2.17 bits per heavy atom. The van der Waals surface area contributed by atoms with Gasteiger partial charge in [-0.15, -0.1) is 0 Å². The molecule has 0 bridgehead atoms. The monoisotopic (exact) mass is 171 g/mol. The molecule has 1 atom stereocenters. The second kappa shape index (κ2) is 3.61. The summed E-state index contributed by atoms with van der Waals surface area (Å²) in [6.07, 6.45) is 1.67. The van der Waals surface area contributed by atoms with Crippen molar-refractivity contribution in [1.82, 2.24) is 4.98 Å². The average molecular weight is 171 g/mol. The van der Waals surface area contributed by atoms with Gasteiger partial charge in [-0.05, 0) is 18.4 Å². The van der Waals surface area contributed by atoms with Gasteiger partial charge in [0.15, 0.2) is 0 Å². The summed E-state index contributed by atoms with van der Waals surface area (Å²) >= 11 is 0. The summed E-state index contributed by atoms with van der Waals surface area (Å²) in [6, 6.07) is 1.20. The van der Waals surface area contributed by atoms with Gasteiger partial charge in [-0.2, -0.15) is 4.39 Å². The topological polar surface area (TPSA) is 12.9 Å². The van der Waals surface area contributed by atoms with E-state index in [-0.39, 0.29) is 5.92 Å². The fourth-order valence-corrected chi connectivity index (χ4v) is 1.00. The van der Waals surface area contributed by atoms with Crippen LogP contribution in [0.5, 0.6) is 0 Å². The maximum atomic E-state index is 12.9. The summed E-state index contributed by atoms with van der Waals surface area (Å²) in [5.41, 5.74) is 0.359. The van der Waals surface area contributed by atoms with Gasteiger partial charge in [0.25, 0.3) is 0 Å². The van der Waals surface area contributed by atoms with Gasteiger partial charge >= 0.3 is 0 Å². The highest BCUT2D eigenvalue weighted by Gasteiger charge is 2.10. The second-order valence-electron chi connectivity index (χ2n) is 2.84. The third-order valence-corrected chi connectivity index (χ3v) is 1.98. The number of pyridine rings is 1. The normalized spacial score (nSPS) is 13.0. The summed E-state index contributed by atoms with van der Waals surface area (Å²) in [6.45, 7) is 3.77. The lowest BCUT2D eigenvalue weighted by Crippen LogP contribution is -1.99. The molecule has 0 aromatic carbocycles. The average Bonchev–Trinajstić information content (AvgIpc) is 2.08. The lowest BCUT2D eigenvalue weighted by molar-refractivity contribution is 0.526. The smallest absolute Gasteiger partial charge is 0.216 e. The van der Waals surface area contributed by atoms with Crippen LogP contribution >= 0.6 is 0 Å². The largest absolute Gasteiger partial charge is 0.225 e. The lowest BCUT2D eigenvalue weighted by Gasteiger charge is -2.08. The van der Waals surface area contributed by atoms with E-state index in [0.717, 1.165) is 12.6 Å². The molecule has 66 valence electrons. The third kappa shape index (κ3) is 1.78. The van der Waals surface area contributed by atoms with E-state index in [1.54, 1.807) is 0 Å². The lowest BCUT2D eigenvalue weighted by atomic mass is 10.0. The SMILES string of the molecule is CCC(C)c1cc(F)cnc1F. The maximum absolute atomic E-state index is 12.9. The minimum atomic E-state index is -0.564. The van der Waals surface area contributed by atoms with Crippen LogP contribution in [-0.2, 0) is 0 Å². The molecule has 1 rings (SSSR count). The van der Waals surface area contributed by atoms with E-state index in [0.29, 0.717) is 5.56 Å². The standard InChI is InChI=1S/C9H11F2N/c1-3-6(2)8-4-7(10)5-12-9(8)11/h4-6H,3H2,1-2H3. The van der Waals surface area contributed by atoms with Crippen molar-refractivity contribution >= 4 is 0 Å². The minimum absolute atomic E-state index is 0.0215. The summed E-state index contributed by atoms with van der Waals surface area (Å²) in [5, 5.41) is 0. The Morgan fingerprint density at radius 1 is 1.50 bits per heavy atom. The van der Waals surface area contributed by atoms with Gasteiger partial charge in [0.1, 0.15) is 5.82 Å². The Kier molecular flexibility index (Phi) is 2.74. The van der Waals surface area contributed by atoms with Crippen molar-refractivity contribution in [3.05, 3.63) is 29.6 Å². The van der Waals surface area contributed by atoms with Crippen LogP contribution in [0.2, 0.25) is 0 Å². The van der Waals surface area contributed by atoms with Gasteiger partial charge in [0.2, 0.25) is 5.95 Å². The zero-order chi connectivity index (χ0) is 9.14. The molecule has 12 heavy (non-hydrogen) atoms. The van der Waals surface area contributed by atoms with Crippen molar-refractivity contribution in [2.45, 2.75) is 26.2 Å². The van der Waals surface area contributed by atoms with Gasteiger partial charge in [0, 0.05) is 5.56 Å². The highest BCUT2D eigenvalue weighted by molar-refractivity contribution is 5.16. The van der Waals surface area contributed by atoms with Crippen LogP contribution in [0.4, 0.5) is 8.78 Å². The van der Waals surface area contributed by atoms with E-state index < -0.39 is 11.8 Å². The van der Waals surface area contributed by atoms with Gasteiger partial charge in [-0.3, -0.25) is 0 Å². The highest BCUT2D eigenvalue weighted by Crippen LogP contribution is 2.20. The predicted molar refractivity (Wildman–Crippen MR) is 42.9 cm³/mol.